The van der Waals surface area contributed by atoms with E-state index < -0.39 is 0 Å². The van der Waals surface area contributed by atoms with Crippen LogP contribution in [0.3, 0.4) is 0 Å². The lowest BCUT2D eigenvalue weighted by atomic mass is 10.1. The Bertz CT molecular complexity index is 505. The number of benzene rings is 1. The molecular formula is C15H18N2. The minimum Gasteiger partial charge on any atom is -0.305 e. The van der Waals surface area contributed by atoms with Gasteiger partial charge in [-0.3, -0.25) is 4.98 Å². The molecule has 0 saturated heterocycles. The van der Waals surface area contributed by atoms with Gasteiger partial charge in [0.05, 0.1) is 17.3 Å². The molecule has 0 spiro atoms. The van der Waals surface area contributed by atoms with Crippen molar-refractivity contribution in [3.8, 4) is 0 Å². The van der Waals surface area contributed by atoms with Crippen LogP contribution < -0.4 is 5.32 Å². The summed E-state index contributed by atoms with van der Waals surface area (Å²) in [5.41, 5.74) is 2.07. The molecule has 0 radical (unpaired) electrons. The molecule has 0 aliphatic heterocycles. The van der Waals surface area contributed by atoms with Crippen molar-refractivity contribution in [1.82, 2.24) is 10.3 Å². The largest absolute Gasteiger partial charge is 0.305 e. The van der Waals surface area contributed by atoms with E-state index in [4.69, 9.17) is 0 Å². The van der Waals surface area contributed by atoms with Crippen LogP contribution in [0.1, 0.15) is 25.1 Å². The second kappa shape index (κ2) is 5.60. The Balaban J connectivity index is 2.30. The second-order valence-electron chi connectivity index (χ2n) is 4.10. The lowest BCUT2D eigenvalue weighted by molar-refractivity contribution is 0.603. The number of hydrogen-bond acceptors (Lipinski definition) is 2. The summed E-state index contributed by atoms with van der Waals surface area (Å²) in [6, 6.07) is 12.5. The maximum atomic E-state index is 4.67. The number of pyridine rings is 1. The average molecular weight is 226 g/mol. The van der Waals surface area contributed by atoms with Crippen molar-refractivity contribution in [3.63, 3.8) is 0 Å². The Hall–Kier alpha value is -1.67. The molecule has 0 fully saturated rings. The van der Waals surface area contributed by atoms with Crippen LogP contribution in [-0.2, 0) is 0 Å². The Labute approximate surface area is 102 Å². The summed E-state index contributed by atoms with van der Waals surface area (Å²) in [7, 11) is 0. The topological polar surface area (TPSA) is 24.9 Å². The van der Waals surface area contributed by atoms with Gasteiger partial charge < -0.3 is 5.32 Å². The van der Waals surface area contributed by atoms with Crippen molar-refractivity contribution in [2.75, 3.05) is 6.54 Å². The van der Waals surface area contributed by atoms with Gasteiger partial charge in [0.1, 0.15) is 0 Å². The molecule has 0 aliphatic rings. The first-order valence-electron chi connectivity index (χ1n) is 6.06. The summed E-state index contributed by atoms with van der Waals surface area (Å²) in [5, 5.41) is 4.60. The number of rotatable bonds is 5. The van der Waals surface area contributed by atoms with Crippen LogP contribution in [0.25, 0.3) is 10.9 Å². The summed E-state index contributed by atoms with van der Waals surface area (Å²) < 4.78 is 0. The highest BCUT2D eigenvalue weighted by atomic mass is 14.9. The lowest BCUT2D eigenvalue weighted by Crippen LogP contribution is -2.21. The van der Waals surface area contributed by atoms with Gasteiger partial charge in [0.2, 0.25) is 0 Å². The van der Waals surface area contributed by atoms with E-state index in [1.807, 2.05) is 24.3 Å². The second-order valence-corrected chi connectivity index (χ2v) is 4.10. The van der Waals surface area contributed by atoms with Crippen molar-refractivity contribution in [2.24, 2.45) is 0 Å². The molecule has 2 rings (SSSR count). The third kappa shape index (κ3) is 2.71. The van der Waals surface area contributed by atoms with E-state index in [1.54, 1.807) is 0 Å². The lowest BCUT2D eigenvalue weighted by Gasteiger charge is -2.14. The van der Waals surface area contributed by atoms with E-state index in [0.29, 0.717) is 0 Å². The van der Waals surface area contributed by atoms with E-state index in [-0.39, 0.29) is 6.04 Å². The van der Waals surface area contributed by atoms with Crippen molar-refractivity contribution >= 4 is 10.9 Å². The Morgan fingerprint density at radius 1 is 1.29 bits per heavy atom. The molecule has 1 unspecified atom stereocenters. The third-order valence-corrected chi connectivity index (χ3v) is 2.79. The van der Waals surface area contributed by atoms with Gasteiger partial charge >= 0.3 is 0 Å². The Morgan fingerprint density at radius 3 is 2.88 bits per heavy atom. The molecule has 1 aromatic heterocycles. The van der Waals surface area contributed by atoms with E-state index in [2.05, 4.69) is 42.0 Å². The number of fused-ring (bicyclic) bond motifs is 1. The summed E-state index contributed by atoms with van der Waals surface area (Å²) >= 11 is 0. The smallest absolute Gasteiger partial charge is 0.0706 e. The molecule has 0 saturated carbocycles. The van der Waals surface area contributed by atoms with Gasteiger partial charge in [-0.15, -0.1) is 6.58 Å². The molecular weight excluding hydrogens is 208 g/mol. The monoisotopic (exact) mass is 226 g/mol. The molecule has 1 N–H and O–H groups in total. The van der Waals surface area contributed by atoms with Crippen LogP contribution >= 0.6 is 0 Å². The van der Waals surface area contributed by atoms with E-state index in [0.717, 1.165) is 24.2 Å². The van der Waals surface area contributed by atoms with Gasteiger partial charge in [-0.1, -0.05) is 37.3 Å². The molecule has 1 atom stereocenters. The van der Waals surface area contributed by atoms with Crippen molar-refractivity contribution < 1.29 is 0 Å². The van der Waals surface area contributed by atoms with Gasteiger partial charge in [0, 0.05) is 5.39 Å². The zero-order valence-corrected chi connectivity index (χ0v) is 10.2. The van der Waals surface area contributed by atoms with Gasteiger partial charge in [-0.2, -0.15) is 0 Å². The number of para-hydroxylation sites is 1. The molecule has 1 aromatic carbocycles. The highest BCUT2D eigenvalue weighted by Crippen LogP contribution is 2.17. The van der Waals surface area contributed by atoms with Crippen molar-refractivity contribution in [1.29, 1.82) is 0 Å². The van der Waals surface area contributed by atoms with Gasteiger partial charge in [0.25, 0.3) is 0 Å². The molecule has 0 aliphatic carbocycles. The van der Waals surface area contributed by atoms with Crippen LogP contribution in [0.15, 0.2) is 49.1 Å². The zero-order chi connectivity index (χ0) is 12.1. The van der Waals surface area contributed by atoms with E-state index in [1.165, 1.54) is 5.39 Å². The van der Waals surface area contributed by atoms with E-state index >= 15 is 0 Å². The maximum absolute atomic E-state index is 4.67. The number of nitrogens with zero attached hydrogens (tertiary/aromatic N) is 1. The summed E-state index contributed by atoms with van der Waals surface area (Å²) in [6.07, 6.45) is 3.02. The average Bonchev–Trinajstić information content (AvgIpc) is 2.39. The predicted molar refractivity (Wildman–Crippen MR) is 73.0 cm³/mol. The van der Waals surface area contributed by atoms with Crippen LogP contribution in [0.2, 0.25) is 0 Å². The Morgan fingerprint density at radius 2 is 2.12 bits per heavy atom. The first kappa shape index (κ1) is 11.8. The summed E-state index contributed by atoms with van der Waals surface area (Å²) in [5.74, 6) is 0. The first-order valence-corrected chi connectivity index (χ1v) is 6.06. The Kier molecular flexibility index (Phi) is 3.89. The minimum atomic E-state index is 0.138. The SMILES string of the molecule is C=CC(NCCC)c1ccc2ccccc2n1. The quantitative estimate of drug-likeness (QED) is 0.790. The highest BCUT2D eigenvalue weighted by Gasteiger charge is 2.07. The normalized spacial score (nSPS) is 12.5. The summed E-state index contributed by atoms with van der Waals surface area (Å²) in [4.78, 5) is 4.67. The molecule has 2 aromatic rings. The molecule has 0 amide bonds. The van der Waals surface area contributed by atoms with Gasteiger partial charge in [-0.05, 0) is 25.1 Å². The number of aromatic nitrogens is 1. The van der Waals surface area contributed by atoms with Crippen LogP contribution in [0.5, 0.6) is 0 Å². The maximum Gasteiger partial charge on any atom is 0.0706 e. The third-order valence-electron chi connectivity index (χ3n) is 2.79. The van der Waals surface area contributed by atoms with Crippen LogP contribution in [0, 0.1) is 0 Å². The van der Waals surface area contributed by atoms with Crippen molar-refractivity contribution in [3.05, 3.63) is 54.7 Å². The fraction of sp³-hybridized carbons (Fsp3) is 0.267. The van der Waals surface area contributed by atoms with Crippen molar-refractivity contribution in [2.45, 2.75) is 19.4 Å². The fourth-order valence-electron chi connectivity index (χ4n) is 1.86. The van der Waals surface area contributed by atoms with Crippen LogP contribution in [0.4, 0.5) is 0 Å². The highest BCUT2D eigenvalue weighted by molar-refractivity contribution is 5.78. The molecule has 2 heteroatoms. The van der Waals surface area contributed by atoms with Gasteiger partial charge in [-0.25, -0.2) is 0 Å². The van der Waals surface area contributed by atoms with E-state index in [9.17, 15) is 0 Å². The molecule has 88 valence electrons. The minimum absolute atomic E-state index is 0.138. The molecule has 17 heavy (non-hydrogen) atoms. The first-order chi connectivity index (χ1) is 8.35. The summed E-state index contributed by atoms with van der Waals surface area (Å²) in [6.45, 7) is 7.00. The molecule has 2 nitrogen and oxygen atoms in total. The molecule has 1 heterocycles. The number of nitrogens with one attached hydrogen (secondary N) is 1. The number of hydrogen-bond donors (Lipinski definition) is 1. The van der Waals surface area contributed by atoms with Crippen LogP contribution in [-0.4, -0.2) is 11.5 Å². The molecule has 0 bridgehead atoms. The predicted octanol–water partition coefficient (Wildman–Crippen LogP) is 3.46. The zero-order valence-electron chi connectivity index (χ0n) is 10.2. The van der Waals surface area contributed by atoms with Gasteiger partial charge in [0.15, 0.2) is 0 Å². The standard InChI is InChI=1S/C15H18N2/c1-3-11-16-13(4-2)15-10-9-12-7-5-6-8-14(12)17-15/h4-10,13,16H,2-3,11H2,1H3. The fourth-order valence-corrected chi connectivity index (χ4v) is 1.86.